The Bertz CT molecular complexity index is 814. The smallest absolute Gasteiger partial charge is 0.213 e. The zero-order chi connectivity index (χ0) is 16.2. The van der Waals surface area contributed by atoms with Gasteiger partial charge in [-0.15, -0.1) is 0 Å². The first-order chi connectivity index (χ1) is 11.2. The maximum absolute atomic E-state index is 13.3. The summed E-state index contributed by atoms with van der Waals surface area (Å²) in [6, 6.07) is 4.65. The summed E-state index contributed by atoms with van der Waals surface area (Å²) in [5.74, 6) is 0.557. The summed E-state index contributed by atoms with van der Waals surface area (Å²) in [7, 11) is 0. The van der Waals surface area contributed by atoms with Crippen molar-refractivity contribution in [2.24, 2.45) is 0 Å². The van der Waals surface area contributed by atoms with Crippen molar-refractivity contribution in [3.63, 3.8) is 0 Å². The molecule has 0 aliphatic rings. The average Bonchev–Trinajstić information content (AvgIpc) is 2.99. The van der Waals surface area contributed by atoms with Crippen molar-refractivity contribution in [1.29, 1.82) is 0 Å². The molecule has 0 saturated carbocycles. The predicted octanol–water partition coefficient (Wildman–Crippen LogP) is 2.46. The molecule has 0 saturated heterocycles. The van der Waals surface area contributed by atoms with Crippen LogP contribution in [0.15, 0.2) is 36.9 Å². The fourth-order valence-corrected chi connectivity index (χ4v) is 2.49. The van der Waals surface area contributed by atoms with Crippen molar-refractivity contribution in [1.82, 2.24) is 24.5 Å². The van der Waals surface area contributed by atoms with Crippen LogP contribution in [0.3, 0.4) is 0 Å². The largest absolute Gasteiger partial charge is 0.383 e. The molecule has 3 aromatic heterocycles. The topological polar surface area (TPSA) is 82.5 Å². The van der Waals surface area contributed by atoms with Gasteiger partial charge in [-0.25, -0.2) is 19.9 Å². The lowest BCUT2D eigenvalue weighted by molar-refractivity contribution is 0.584. The quantitative estimate of drug-likeness (QED) is 0.732. The number of anilines is 1. The van der Waals surface area contributed by atoms with Crippen molar-refractivity contribution in [2.45, 2.75) is 26.3 Å². The molecule has 7 heteroatoms. The number of nitrogens with two attached hydrogens (primary N) is 1. The van der Waals surface area contributed by atoms with Gasteiger partial charge in [-0.3, -0.25) is 0 Å². The summed E-state index contributed by atoms with van der Waals surface area (Å²) in [5.41, 5.74) is 8.24. The molecule has 118 valence electrons. The van der Waals surface area contributed by atoms with Crippen molar-refractivity contribution < 1.29 is 4.39 Å². The monoisotopic (exact) mass is 312 g/mol. The average molecular weight is 312 g/mol. The number of pyridine rings is 1. The van der Waals surface area contributed by atoms with Crippen LogP contribution >= 0.6 is 0 Å². The lowest BCUT2D eigenvalue weighted by atomic mass is 10.1. The Labute approximate surface area is 133 Å². The molecule has 0 amide bonds. The zero-order valence-electron chi connectivity index (χ0n) is 12.8. The van der Waals surface area contributed by atoms with E-state index in [-0.39, 0.29) is 0 Å². The highest BCUT2D eigenvalue weighted by Gasteiger charge is 2.13. The van der Waals surface area contributed by atoms with Crippen molar-refractivity contribution in [3.05, 3.63) is 54.1 Å². The molecule has 0 radical (unpaired) electrons. The molecular weight excluding hydrogens is 295 g/mol. The third-order valence-corrected chi connectivity index (χ3v) is 3.55. The van der Waals surface area contributed by atoms with E-state index in [0.29, 0.717) is 23.9 Å². The van der Waals surface area contributed by atoms with Crippen molar-refractivity contribution in [2.75, 3.05) is 5.73 Å². The maximum atomic E-state index is 13.3. The summed E-state index contributed by atoms with van der Waals surface area (Å²) in [4.78, 5) is 16.6. The Morgan fingerprint density at radius 2 is 2.09 bits per heavy atom. The Morgan fingerprint density at radius 1 is 1.22 bits per heavy atom. The molecule has 23 heavy (non-hydrogen) atoms. The van der Waals surface area contributed by atoms with Gasteiger partial charge in [0.05, 0.1) is 12.2 Å². The molecule has 3 rings (SSSR count). The molecule has 6 nitrogen and oxygen atoms in total. The van der Waals surface area contributed by atoms with E-state index >= 15 is 0 Å². The van der Waals surface area contributed by atoms with E-state index in [1.54, 1.807) is 18.3 Å². The highest BCUT2D eigenvalue weighted by atomic mass is 19.1. The minimum Gasteiger partial charge on any atom is -0.383 e. The van der Waals surface area contributed by atoms with Gasteiger partial charge in [0.2, 0.25) is 5.95 Å². The highest BCUT2D eigenvalue weighted by Crippen LogP contribution is 2.20. The van der Waals surface area contributed by atoms with Gasteiger partial charge in [-0.05, 0) is 18.6 Å². The molecule has 0 aromatic carbocycles. The van der Waals surface area contributed by atoms with Gasteiger partial charge >= 0.3 is 0 Å². The number of imidazole rings is 1. The fourth-order valence-electron chi connectivity index (χ4n) is 2.49. The number of halogens is 1. The Hall–Kier alpha value is -2.83. The van der Waals surface area contributed by atoms with E-state index in [9.17, 15) is 4.39 Å². The molecule has 0 bridgehead atoms. The predicted molar refractivity (Wildman–Crippen MR) is 85.0 cm³/mol. The molecular formula is C16H17FN6. The Balaban J connectivity index is 1.97. The second kappa shape index (κ2) is 6.51. The molecule has 3 heterocycles. The van der Waals surface area contributed by atoms with Gasteiger partial charge in [0.15, 0.2) is 5.82 Å². The van der Waals surface area contributed by atoms with E-state index in [1.165, 1.54) is 12.4 Å². The lowest BCUT2D eigenvalue weighted by Gasteiger charge is -2.12. The molecule has 0 aliphatic carbocycles. The van der Waals surface area contributed by atoms with Crippen LogP contribution in [0.5, 0.6) is 0 Å². The second-order valence-electron chi connectivity index (χ2n) is 5.16. The van der Waals surface area contributed by atoms with E-state index in [4.69, 9.17) is 5.73 Å². The lowest BCUT2D eigenvalue weighted by Crippen LogP contribution is -2.10. The Morgan fingerprint density at radius 3 is 2.87 bits per heavy atom. The minimum absolute atomic E-state index is 0.481. The SMILES string of the molecule is CCCc1c(N)ncnc1Cn1ccnc1-c1cccc(F)n1. The first-order valence-corrected chi connectivity index (χ1v) is 7.41. The molecule has 0 unspecified atom stereocenters. The third kappa shape index (κ3) is 3.18. The first-order valence-electron chi connectivity index (χ1n) is 7.41. The van der Waals surface area contributed by atoms with Crippen LogP contribution in [0.4, 0.5) is 10.2 Å². The van der Waals surface area contributed by atoms with Crippen LogP contribution in [0.25, 0.3) is 11.5 Å². The highest BCUT2D eigenvalue weighted by molar-refractivity contribution is 5.50. The third-order valence-electron chi connectivity index (χ3n) is 3.55. The number of nitrogens with zero attached hydrogens (tertiary/aromatic N) is 5. The van der Waals surface area contributed by atoms with Gasteiger partial charge in [-0.1, -0.05) is 19.4 Å². The number of rotatable bonds is 5. The molecule has 0 atom stereocenters. The number of hydrogen-bond acceptors (Lipinski definition) is 5. The fraction of sp³-hybridized carbons (Fsp3) is 0.250. The normalized spacial score (nSPS) is 10.9. The number of aromatic nitrogens is 5. The van der Waals surface area contributed by atoms with Gasteiger partial charge in [0.25, 0.3) is 0 Å². The van der Waals surface area contributed by atoms with Gasteiger partial charge in [0, 0.05) is 18.0 Å². The molecule has 2 N–H and O–H groups in total. The maximum Gasteiger partial charge on any atom is 0.213 e. The van der Waals surface area contributed by atoms with Gasteiger partial charge < -0.3 is 10.3 Å². The Kier molecular flexibility index (Phi) is 4.27. The van der Waals surface area contributed by atoms with Gasteiger partial charge in [0.1, 0.15) is 17.8 Å². The summed E-state index contributed by atoms with van der Waals surface area (Å²) < 4.78 is 15.2. The second-order valence-corrected chi connectivity index (χ2v) is 5.16. The van der Waals surface area contributed by atoms with Crippen LogP contribution in [-0.2, 0) is 13.0 Å². The van der Waals surface area contributed by atoms with Crippen LogP contribution in [0, 0.1) is 5.95 Å². The van der Waals surface area contributed by atoms with Gasteiger partial charge in [-0.2, -0.15) is 4.39 Å². The standard InChI is InChI=1S/C16H17FN6/c1-2-4-11-13(20-10-21-15(11)18)9-23-8-7-19-16(23)12-5-3-6-14(17)22-12/h3,5-8,10H,2,4,9H2,1H3,(H2,18,20,21). The molecule has 3 aromatic rings. The summed E-state index contributed by atoms with van der Waals surface area (Å²) >= 11 is 0. The van der Waals surface area contributed by atoms with E-state index in [2.05, 4.69) is 26.9 Å². The summed E-state index contributed by atoms with van der Waals surface area (Å²) in [6.45, 7) is 2.56. The molecule has 0 spiro atoms. The zero-order valence-corrected chi connectivity index (χ0v) is 12.8. The van der Waals surface area contributed by atoms with Crippen LogP contribution in [0.2, 0.25) is 0 Å². The van der Waals surface area contributed by atoms with E-state index < -0.39 is 5.95 Å². The van der Waals surface area contributed by atoms with Crippen LogP contribution < -0.4 is 5.73 Å². The number of hydrogen-bond donors (Lipinski definition) is 1. The molecule has 0 fully saturated rings. The summed E-state index contributed by atoms with van der Waals surface area (Å²) in [6.07, 6.45) is 6.69. The number of nitrogen functional groups attached to an aromatic ring is 1. The van der Waals surface area contributed by atoms with E-state index in [0.717, 1.165) is 24.1 Å². The van der Waals surface area contributed by atoms with Crippen molar-refractivity contribution >= 4 is 5.82 Å². The van der Waals surface area contributed by atoms with Crippen LogP contribution in [0.1, 0.15) is 24.6 Å². The van der Waals surface area contributed by atoms with Crippen molar-refractivity contribution in [3.8, 4) is 11.5 Å². The van der Waals surface area contributed by atoms with Crippen LogP contribution in [-0.4, -0.2) is 24.5 Å². The first kappa shape index (κ1) is 15.1. The summed E-state index contributed by atoms with van der Waals surface area (Å²) in [5, 5.41) is 0. The molecule has 0 aliphatic heterocycles. The minimum atomic E-state index is -0.532. The van der Waals surface area contributed by atoms with E-state index in [1.807, 2.05) is 10.8 Å².